The van der Waals surface area contributed by atoms with Gasteiger partial charge in [-0.3, -0.25) is 4.79 Å². The summed E-state index contributed by atoms with van der Waals surface area (Å²) in [6.45, 7) is 1.34. The highest BCUT2D eigenvalue weighted by atomic mass is 35.5. The van der Waals surface area contributed by atoms with Crippen LogP contribution in [0.5, 0.6) is 0 Å². The van der Waals surface area contributed by atoms with Crippen molar-refractivity contribution in [3.63, 3.8) is 0 Å². The van der Waals surface area contributed by atoms with Crippen molar-refractivity contribution in [2.45, 2.75) is 31.0 Å². The molecule has 0 saturated carbocycles. The van der Waals surface area contributed by atoms with E-state index in [1.54, 1.807) is 12.3 Å². The average molecular weight is 423 g/mol. The monoisotopic (exact) mass is 422 g/mol. The Hall–Kier alpha value is -2.23. The van der Waals surface area contributed by atoms with Crippen molar-refractivity contribution >= 4 is 45.8 Å². The van der Waals surface area contributed by atoms with E-state index in [1.165, 1.54) is 36.0 Å². The quantitative estimate of drug-likeness (QED) is 0.552. The second kappa shape index (κ2) is 6.68. The number of hydrogen-bond donors (Lipinski definition) is 3. The van der Waals surface area contributed by atoms with Gasteiger partial charge in [-0.25, -0.2) is 9.97 Å². The molecular formula is C18H16Cl2N4O4. The third-order valence-electron chi connectivity index (χ3n) is 4.93. The first-order chi connectivity index (χ1) is 13.2. The Morgan fingerprint density at radius 1 is 1.29 bits per heavy atom. The smallest absolute Gasteiger partial charge is 0.194 e. The molecule has 4 atom stereocenters. The summed E-state index contributed by atoms with van der Waals surface area (Å²) in [6.07, 6.45) is -0.909. The summed E-state index contributed by atoms with van der Waals surface area (Å²) in [5.74, 6) is -0.262. The van der Waals surface area contributed by atoms with Crippen molar-refractivity contribution in [1.29, 1.82) is 0 Å². The Morgan fingerprint density at radius 3 is 2.75 bits per heavy atom. The molecular weight excluding hydrogens is 407 g/mol. The molecule has 1 fully saturated rings. The molecule has 3 aromatic rings. The first-order valence-corrected chi connectivity index (χ1v) is 9.09. The van der Waals surface area contributed by atoms with E-state index in [9.17, 15) is 15.0 Å². The van der Waals surface area contributed by atoms with Crippen LogP contribution in [0.1, 0.15) is 23.5 Å². The number of carbonyl (C=O) groups excluding carboxylic acids is 1. The van der Waals surface area contributed by atoms with Crippen LogP contribution in [-0.2, 0) is 4.74 Å². The van der Waals surface area contributed by atoms with Gasteiger partial charge in [0, 0.05) is 11.8 Å². The standard InChI is InChI=1S/C18H16Cl2N4O4/c1-18(27)13(26)17(24-5-4-9-15(21)22-7-23-16(9)24)28-14(18)12(25)8-2-3-10(19)11(20)6-8/h2-7,13-14,17,26-27H,1H3,(H2,21,22,23)/t13-,14+,17+,18-/m0/s1. The van der Waals surface area contributed by atoms with Crippen molar-refractivity contribution in [3.05, 3.63) is 52.4 Å². The molecule has 10 heteroatoms. The van der Waals surface area contributed by atoms with Crippen LogP contribution >= 0.6 is 23.2 Å². The normalized spacial score (nSPS) is 27.4. The second-order valence-corrected chi connectivity index (χ2v) is 7.60. The molecule has 1 saturated heterocycles. The third-order valence-corrected chi connectivity index (χ3v) is 5.67. The van der Waals surface area contributed by atoms with Crippen LogP contribution < -0.4 is 5.73 Å². The number of benzene rings is 1. The SMILES string of the molecule is C[C@@]1(O)[C@@H](C(=O)c2ccc(Cl)c(Cl)c2)O[C@@H](n2ccc3c(N)ncnc32)[C@@H]1O. The lowest BCUT2D eigenvalue weighted by atomic mass is 9.89. The van der Waals surface area contributed by atoms with Crippen LogP contribution in [0.25, 0.3) is 11.0 Å². The van der Waals surface area contributed by atoms with E-state index in [0.29, 0.717) is 16.1 Å². The van der Waals surface area contributed by atoms with E-state index in [-0.39, 0.29) is 16.4 Å². The average Bonchev–Trinajstić information content (AvgIpc) is 3.17. The maximum absolute atomic E-state index is 13.0. The molecule has 146 valence electrons. The molecule has 4 rings (SSSR count). The predicted octanol–water partition coefficient (Wildman–Crippen LogP) is 2.21. The molecule has 8 nitrogen and oxygen atoms in total. The second-order valence-electron chi connectivity index (χ2n) is 6.79. The summed E-state index contributed by atoms with van der Waals surface area (Å²) in [7, 11) is 0. The molecule has 1 aliphatic rings. The maximum atomic E-state index is 13.0. The molecule has 1 aliphatic heterocycles. The van der Waals surface area contributed by atoms with E-state index in [1.807, 2.05) is 0 Å². The first kappa shape index (κ1) is 19.1. The summed E-state index contributed by atoms with van der Waals surface area (Å²) < 4.78 is 7.31. The number of aliphatic hydroxyl groups excluding tert-OH is 1. The molecule has 0 aliphatic carbocycles. The number of fused-ring (bicyclic) bond motifs is 1. The van der Waals surface area contributed by atoms with Crippen molar-refractivity contribution in [3.8, 4) is 0 Å². The zero-order chi connectivity index (χ0) is 20.2. The molecule has 0 unspecified atom stereocenters. The number of hydrogen-bond acceptors (Lipinski definition) is 7. The molecule has 4 N–H and O–H groups in total. The molecule has 0 amide bonds. The Labute approximate surface area is 169 Å². The fourth-order valence-corrected chi connectivity index (χ4v) is 3.63. The van der Waals surface area contributed by atoms with E-state index in [2.05, 4.69) is 9.97 Å². The lowest BCUT2D eigenvalue weighted by molar-refractivity contribution is -0.0550. The lowest BCUT2D eigenvalue weighted by Crippen LogP contribution is -2.48. The molecule has 0 bridgehead atoms. The van der Waals surface area contributed by atoms with Crippen LogP contribution in [0.4, 0.5) is 5.82 Å². The number of anilines is 1. The number of aliphatic hydroxyl groups is 2. The van der Waals surface area contributed by atoms with Crippen LogP contribution in [0.3, 0.4) is 0 Å². The molecule has 2 aromatic heterocycles. The molecule has 28 heavy (non-hydrogen) atoms. The van der Waals surface area contributed by atoms with E-state index in [4.69, 9.17) is 33.7 Å². The largest absolute Gasteiger partial charge is 0.385 e. The van der Waals surface area contributed by atoms with Gasteiger partial charge in [-0.2, -0.15) is 0 Å². The summed E-state index contributed by atoms with van der Waals surface area (Å²) in [4.78, 5) is 21.0. The van der Waals surface area contributed by atoms with Gasteiger partial charge in [0.25, 0.3) is 0 Å². The Kier molecular flexibility index (Phi) is 4.56. The Balaban J connectivity index is 1.72. The summed E-state index contributed by atoms with van der Waals surface area (Å²) in [6, 6.07) is 6.02. The fraction of sp³-hybridized carbons (Fsp3) is 0.278. The number of carbonyl (C=O) groups is 1. The number of nitrogen functional groups attached to an aromatic ring is 1. The molecule has 0 radical (unpaired) electrons. The number of ketones is 1. The van der Waals surface area contributed by atoms with Crippen LogP contribution in [-0.4, -0.2) is 48.3 Å². The van der Waals surface area contributed by atoms with Gasteiger partial charge in [0.15, 0.2) is 18.1 Å². The number of aromatic nitrogens is 3. The highest BCUT2D eigenvalue weighted by Crippen LogP contribution is 2.40. The fourth-order valence-electron chi connectivity index (χ4n) is 3.34. The molecule has 1 aromatic carbocycles. The van der Waals surface area contributed by atoms with Crippen molar-refractivity contribution in [1.82, 2.24) is 14.5 Å². The number of halogens is 2. The van der Waals surface area contributed by atoms with Gasteiger partial charge in [0.05, 0.1) is 15.4 Å². The van der Waals surface area contributed by atoms with Crippen LogP contribution in [0.2, 0.25) is 10.0 Å². The number of rotatable bonds is 3. The van der Waals surface area contributed by atoms with E-state index < -0.39 is 29.8 Å². The minimum absolute atomic E-state index is 0.200. The predicted molar refractivity (Wildman–Crippen MR) is 103 cm³/mol. The topological polar surface area (TPSA) is 123 Å². The number of Topliss-reactive ketones (excluding diaryl/α,β-unsaturated/α-hetero) is 1. The minimum atomic E-state index is -1.86. The van der Waals surface area contributed by atoms with Gasteiger partial charge in [0.1, 0.15) is 29.5 Å². The van der Waals surface area contributed by atoms with Gasteiger partial charge in [-0.15, -0.1) is 0 Å². The van der Waals surface area contributed by atoms with Crippen LogP contribution in [0, 0.1) is 0 Å². The van der Waals surface area contributed by atoms with E-state index in [0.717, 1.165) is 0 Å². The summed E-state index contributed by atoms with van der Waals surface area (Å²) in [5.41, 5.74) is 4.60. The third kappa shape index (κ3) is 2.85. The van der Waals surface area contributed by atoms with Gasteiger partial charge in [-0.05, 0) is 31.2 Å². The zero-order valence-corrected chi connectivity index (χ0v) is 16.1. The van der Waals surface area contributed by atoms with Gasteiger partial charge < -0.3 is 25.3 Å². The van der Waals surface area contributed by atoms with Gasteiger partial charge in [0.2, 0.25) is 0 Å². The zero-order valence-electron chi connectivity index (χ0n) is 14.6. The van der Waals surface area contributed by atoms with Gasteiger partial charge >= 0.3 is 0 Å². The van der Waals surface area contributed by atoms with Crippen molar-refractivity contribution in [2.24, 2.45) is 0 Å². The number of ether oxygens (including phenoxy) is 1. The highest BCUT2D eigenvalue weighted by Gasteiger charge is 2.56. The Morgan fingerprint density at radius 2 is 2.04 bits per heavy atom. The van der Waals surface area contributed by atoms with Crippen molar-refractivity contribution in [2.75, 3.05) is 5.73 Å². The van der Waals surface area contributed by atoms with Gasteiger partial charge in [-0.1, -0.05) is 23.2 Å². The summed E-state index contributed by atoms with van der Waals surface area (Å²) >= 11 is 11.9. The van der Waals surface area contributed by atoms with Crippen LogP contribution in [0.15, 0.2) is 36.8 Å². The van der Waals surface area contributed by atoms with Crippen molar-refractivity contribution < 1.29 is 19.7 Å². The molecule has 0 spiro atoms. The number of nitrogens with zero attached hydrogens (tertiary/aromatic N) is 3. The van der Waals surface area contributed by atoms with E-state index >= 15 is 0 Å². The molecule has 3 heterocycles. The maximum Gasteiger partial charge on any atom is 0.194 e. The Bertz CT molecular complexity index is 1080. The summed E-state index contributed by atoms with van der Waals surface area (Å²) in [5, 5.41) is 22.6. The first-order valence-electron chi connectivity index (χ1n) is 8.34. The number of nitrogens with two attached hydrogens (primary N) is 1. The minimum Gasteiger partial charge on any atom is -0.385 e. The lowest BCUT2D eigenvalue weighted by Gasteiger charge is -2.25. The highest BCUT2D eigenvalue weighted by molar-refractivity contribution is 6.42.